The second kappa shape index (κ2) is 6.47. The first-order chi connectivity index (χ1) is 11.2. The Morgan fingerprint density at radius 3 is 1.43 bits per heavy atom. The standard InChI is InChI=1S/C20H20O2S/c1-13-19(15-9-5-7-11-17(15)21-3)20(14(2)23-13)16-10-6-8-12-18(16)22-4/h5-12H,1-4H3. The quantitative estimate of drug-likeness (QED) is 0.611. The molecule has 0 aliphatic carbocycles. The number of thiophene rings is 1. The number of methoxy groups -OCH3 is 2. The van der Waals surface area contributed by atoms with Crippen LogP contribution in [-0.2, 0) is 0 Å². The summed E-state index contributed by atoms with van der Waals surface area (Å²) >= 11 is 1.81. The minimum absolute atomic E-state index is 0.893. The molecule has 2 aromatic carbocycles. The molecule has 23 heavy (non-hydrogen) atoms. The number of benzene rings is 2. The largest absolute Gasteiger partial charge is 0.496 e. The lowest BCUT2D eigenvalue weighted by molar-refractivity contribution is 0.416. The van der Waals surface area contributed by atoms with Gasteiger partial charge in [-0.1, -0.05) is 36.4 Å². The van der Waals surface area contributed by atoms with Crippen LogP contribution in [0.3, 0.4) is 0 Å². The van der Waals surface area contributed by atoms with Gasteiger partial charge in [0.05, 0.1) is 14.2 Å². The molecule has 0 saturated carbocycles. The Balaban J connectivity index is 2.32. The minimum Gasteiger partial charge on any atom is -0.496 e. The summed E-state index contributed by atoms with van der Waals surface area (Å²) in [5.41, 5.74) is 4.71. The summed E-state index contributed by atoms with van der Waals surface area (Å²) < 4.78 is 11.2. The lowest BCUT2D eigenvalue weighted by Gasteiger charge is -2.14. The van der Waals surface area contributed by atoms with Crippen molar-refractivity contribution in [2.24, 2.45) is 0 Å². The van der Waals surface area contributed by atoms with Gasteiger partial charge in [-0.05, 0) is 26.0 Å². The number of aryl methyl sites for hydroxylation is 2. The normalized spacial score (nSPS) is 10.6. The average Bonchev–Trinajstić information content (AvgIpc) is 2.88. The van der Waals surface area contributed by atoms with Crippen LogP contribution >= 0.6 is 11.3 Å². The zero-order chi connectivity index (χ0) is 16.4. The molecule has 0 aliphatic heterocycles. The summed E-state index contributed by atoms with van der Waals surface area (Å²) in [6, 6.07) is 16.4. The van der Waals surface area contributed by atoms with Crippen molar-refractivity contribution in [2.75, 3.05) is 14.2 Å². The molecule has 1 aromatic heterocycles. The molecule has 118 valence electrons. The number of hydrogen-bond acceptors (Lipinski definition) is 3. The van der Waals surface area contributed by atoms with E-state index >= 15 is 0 Å². The second-order valence-corrected chi connectivity index (χ2v) is 6.79. The van der Waals surface area contributed by atoms with Crippen LogP contribution in [0.1, 0.15) is 9.75 Å². The van der Waals surface area contributed by atoms with E-state index in [0.29, 0.717) is 0 Å². The maximum absolute atomic E-state index is 5.58. The van der Waals surface area contributed by atoms with E-state index in [0.717, 1.165) is 22.6 Å². The third-order valence-electron chi connectivity index (χ3n) is 4.01. The van der Waals surface area contributed by atoms with E-state index in [1.807, 2.05) is 35.6 Å². The van der Waals surface area contributed by atoms with Crippen molar-refractivity contribution < 1.29 is 9.47 Å². The molecule has 0 unspecified atom stereocenters. The molecule has 2 nitrogen and oxygen atoms in total. The van der Waals surface area contributed by atoms with Crippen molar-refractivity contribution in [2.45, 2.75) is 13.8 Å². The number of para-hydroxylation sites is 2. The van der Waals surface area contributed by atoms with Gasteiger partial charge in [0, 0.05) is 32.0 Å². The molecule has 1 heterocycles. The van der Waals surface area contributed by atoms with Crippen LogP contribution in [0, 0.1) is 13.8 Å². The molecule has 3 heteroatoms. The van der Waals surface area contributed by atoms with Crippen molar-refractivity contribution in [3.8, 4) is 33.8 Å². The van der Waals surface area contributed by atoms with Gasteiger partial charge in [-0.25, -0.2) is 0 Å². The van der Waals surface area contributed by atoms with Gasteiger partial charge in [-0.2, -0.15) is 0 Å². The van der Waals surface area contributed by atoms with Crippen LogP contribution < -0.4 is 9.47 Å². The van der Waals surface area contributed by atoms with Crippen molar-refractivity contribution in [3.05, 3.63) is 58.3 Å². The van der Waals surface area contributed by atoms with Crippen molar-refractivity contribution >= 4 is 11.3 Å². The first-order valence-electron chi connectivity index (χ1n) is 7.54. The summed E-state index contributed by atoms with van der Waals surface area (Å²) in [6.07, 6.45) is 0. The van der Waals surface area contributed by atoms with Gasteiger partial charge in [0.15, 0.2) is 0 Å². The number of hydrogen-bond donors (Lipinski definition) is 0. The van der Waals surface area contributed by atoms with E-state index in [2.05, 4.69) is 38.1 Å². The SMILES string of the molecule is COc1ccccc1-c1c(C)sc(C)c1-c1ccccc1OC. The van der Waals surface area contributed by atoms with E-state index < -0.39 is 0 Å². The topological polar surface area (TPSA) is 18.5 Å². The smallest absolute Gasteiger partial charge is 0.126 e. The molecular formula is C20H20O2S. The minimum atomic E-state index is 0.893. The lowest BCUT2D eigenvalue weighted by Crippen LogP contribution is -1.92. The fourth-order valence-corrected chi connectivity index (χ4v) is 4.12. The van der Waals surface area contributed by atoms with Crippen LogP contribution in [0.25, 0.3) is 22.3 Å². The molecule has 0 saturated heterocycles. The maximum atomic E-state index is 5.58. The van der Waals surface area contributed by atoms with Gasteiger partial charge < -0.3 is 9.47 Å². The van der Waals surface area contributed by atoms with Gasteiger partial charge >= 0.3 is 0 Å². The third kappa shape index (κ3) is 2.73. The zero-order valence-electron chi connectivity index (χ0n) is 13.8. The lowest BCUT2D eigenvalue weighted by atomic mass is 9.94. The molecule has 0 aliphatic rings. The summed E-state index contributed by atoms with van der Waals surface area (Å²) in [4.78, 5) is 2.57. The van der Waals surface area contributed by atoms with Crippen LogP contribution in [0.4, 0.5) is 0 Å². The Kier molecular flexibility index (Phi) is 4.39. The highest BCUT2D eigenvalue weighted by atomic mass is 32.1. The molecule has 0 amide bonds. The number of ether oxygens (including phenoxy) is 2. The summed E-state index contributed by atoms with van der Waals surface area (Å²) in [7, 11) is 3.44. The van der Waals surface area contributed by atoms with Gasteiger partial charge in [0.1, 0.15) is 11.5 Å². The summed E-state index contributed by atoms with van der Waals surface area (Å²) in [6.45, 7) is 4.33. The zero-order valence-corrected chi connectivity index (χ0v) is 14.7. The van der Waals surface area contributed by atoms with Gasteiger partial charge in [-0.3, -0.25) is 0 Å². The van der Waals surface area contributed by atoms with Crippen LogP contribution in [-0.4, -0.2) is 14.2 Å². The van der Waals surface area contributed by atoms with Crippen LogP contribution in [0.2, 0.25) is 0 Å². The molecular weight excluding hydrogens is 304 g/mol. The van der Waals surface area contributed by atoms with Gasteiger partial charge in [-0.15, -0.1) is 11.3 Å². The van der Waals surface area contributed by atoms with E-state index in [9.17, 15) is 0 Å². The molecule has 0 bridgehead atoms. The van der Waals surface area contributed by atoms with Crippen molar-refractivity contribution in [3.63, 3.8) is 0 Å². The first kappa shape index (κ1) is 15.6. The Morgan fingerprint density at radius 1 is 0.652 bits per heavy atom. The predicted molar refractivity (Wildman–Crippen MR) is 97.8 cm³/mol. The van der Waals surface area contributed by atoms with E-state index in [1.165, 1.54) is 20.9 Å². The highest BCUT2D eigenvalue weighted by molar-refractivity contribution is 7.13. The summed E-state index contributed by atoms with van der Waals surface area (Å²) in [5, 5.41) is 0. The molecule has 0 spiro atoms. The fraction of sp³-hybridized carbons (Fsp3) is 0.200. The Morgan fingerprint density at radius 2 is 1.04 bits per heavy atom. The van der Waals surface area contributed by atoms with E-state index in [1.54, 1.807) is 14.2 Å². The van der Waals surface area contributed by atoms with E-state index in [-0.39, 0.29) is 0 Å². The first-order valence-corrected chi connectivity index (χ1v) is 8.35. The molecule has 3 aromatic rings. The second-order valence-electron chi connectivity index (χ2n) is 5.37. The molecule has 0 fully saturated rings. The monoisotopic (exact) mass is 324 g/mol. The van der Waals surface area contributed by atoms with Crippen molar-refractivity contribution in [1.82, 2.24) is 0 Å². The molecule has 0 N–H and O–H groups in total. The fourth-order valence-electron chi connectivity index (χ4n) is 3.03. The summed E-state index contributed by atoms with van der Waals surface area (Å²) in [5.74, 6) is 1.79. The maximum Gasteiger partial charge on any atom is 0.126 e. The number of rotatable bonds is 4. The van der Waals surface area contributed by atoms with Crippen molar-refractivity contribution in [1.29, 1.82) is 0 Å². The average molecular weight is 324 g/mol. The van der Waals surface area contributed by atoms with E-state index in [4.69, 9.17) is 9.47 Å². The van der Waals surface area contributed by atoms with Gasteiger partial charge in [0.25, 0.3) is 0 Å². The molecule has 0 radical (unpaired) electrons. The Hall–Kier alpha value is -2.26. The van der Waals surface area contributed by atoms with Gasteiger partial charge in [0.2, 0.25) is 0 Å². The van der Waals surface area contributed by atoms with Crippen LogP contribution in [0.15, 0.2) is 48.5 Å². The Labute approximate surface area is 141 Å². The molecule has 0 atom stereocenters. The predicted octanol–water partition coefficient (Wildman–Crippen LogP) is 5.72. The highest BCUT2D eigenvalue weighted by Gasteiger charge is 2.21. The third-order valence-corrected chi connectivity index (χ3v) is 5.03. The van der Waals surface area contributed by atoms with Crippen LogP contribution in [0.5, 0.6) is 11.5 Å². The highest BCUT2D eigenvalue weighted by Crippen LogP contribution is 2.47. The molecule has 3 rings (SSSR count). The Bertz CT molecular complexity index is 765.